The molecule has 1 aliphatic heterocycles. The Labute approximate surface area is 83.7 Å². The number of nitrogens with one attached hydrogen (secondary N) is 1. The molecule has 2 heterocycles. The first-order valence-electron chi connectivity index (χ1n) is 5.03. The van der Waals surface area contributed by atoms with Crippen molar-refractivity contribution in [2.24, 2.45) is 0 Å². The maximum Gasteiger partial charge on any atom is 0.128 e. The molecule has 1 aromatic heterocycles. The predicted molar refractivity (Wildman–Crippen MR) is 53.0 cm³/mol. The lowest BCUT2D eigenvalue weighted by atomic mass is 10.2. The zero-order valence-corrected chi connectivity index (χ0v) is 8.36. The minimum absolute atomic E-state index is 0.233. The first-order valence-corrected chi connectivity index (χ1v) is 5.03. The Morgan fingerprint density at radius 2 is 2.57 bits per heavy atom. The number of hydrogen-bond acceptors (Lipinski definition) is 4. The summed E-state index contributed by atoms with van der Waals surface area (Å²) in [5.41, 5.74) is 1.04. The third kappa shape index (κ3) is 2.08. The Bertz CT molecular complexity index is 297. The first-order chi connectivity index (χ1) is 6.90. The van der Waals surface area contributed by atoms with Gasteiger partial charge in [0.2, 0.25) is 0 Å². The van der Waals surface area contributed by atoms with Crippen molar-refractivity contribution in [3.63, 3.8) is 0 Å². The Morgan fingerprint density at radius 3 is 3.29 bits per heavy atom. The molecule has 1 fully saturated rings. The molecule has 14 heavy (non-hydrogen) atoms. The predicted octanol–water partition coefficient (Wildman–Crippen LogP) is 0.700. The molecule has 0 aromatic carbocycles. The van der Waals surface area contributed by atoms with Crippen molar-refractivity contribution < 1.29 is 4.74 Å². The highest BCUT2D eigenvalue weighted by Gasteiger charge is 2.16. The summed E-state index contributed by atoms with van der Waals surface area (Å²) in [6.07, 6.45) is 2.69. The van der Waals surface area contributed by atoms with Crippen LogP contribution in [-0.4, -0.2) is 29.7 Å². The summed E-state index contributed by atoms with van der Waals surface area (Å²) in [4.78, 5) is 8.63. The molecule has 0 amide bonds. The molecule has 1 aromatic rings. The van der Waals surface area contributed by atoms with E-state index in [4.69, 9.17) is 4.74 Å². The fraction of sp³-hybridized carbons (Fsp3) is 0.600. The Hall–Kier alpha value is -1.00. The largest absolute Gasteiger partial charge is 0.378 e. The topological polar surface area (TPSA) is 47.0 Å². The van der Waals surface area contributed by atoms with E-state index in [9.17, 15) is 0 Å². The lowest BCUT2D eigenvalue weighted by molar-refractivity contribution is 0.0755. The van der Waals surface area contributed by atoms with Crippen LogP contribution in [0.3, 0.4) is 0 Å². The Kier molecular flexibility index (Phi) is 3.06. The number of aromatic nitrogens is 2. The number of hydrogen-bond donors (Lipinski definition) is 1. The maximum absolute atomic E-state index is 5.39. The molecular formula is C10H15N3O. The third-order valence-corrected chi connectivity index (χ3v) is 2.32. The van der Waals surface area contributed by atoms with Crippen LogP contribution < -0.4 is 5.32 Å². The molecule has 1 atom stereocenters. The van der Waals surface area contributed by atoms with Crippen LogP contribution in [0.15, 0.2) is 12.3 Å². The van der Waals surface area contributed by atoms with Gasteiger partial charge in [0.1, 0.15) is 5.82 Å². The third-order valence-electron chi connectivity index (χ3n) is 2.32. The van der Waals surface area contributed by atoms with E-state index < -0.39 is 0 Å². The van der Waals surface area contributed by atoms with Gasteiger partial charge >= 0.3 is 0 Å². The fourth-order valence-electron chi connectivity index (χ4n) is 1.53. The quantitative estimate of drug-likeness (QED) is 0.751. The van der Waals surface area contributed by atoms with Crippen LogP contribution in [0.2, 0.25) is 0 Å². The molecular weight excluding hydrogens is 178 g/mol. The van der Waals surface area contributed by atoms with Gasteiger partial charge < -0.3 is 10.1 Å². The summed E-state index contributed by atoms with van der Waals surface area (Å²) in [6, 6.07) is 2.18. The summed E-state index contributed by atoms with van der Waals surface area (Å²) in [5, 5.41) is 3.37. The van der Waals surface area contributed by atoms with Gasteiger partial charge in [0.25, 0.3) is 0 Å². The fourth-order valence-corrected chi connectivity index (χ4v) is 1.53. The molecule has 2 rings (SSSR count). The summed E-state index contributed by atoms with van der Waals surface area (Å²) in [6.45, 7) is 4.46. The second kappa shape index (κ2) is 4.48. The van der Waals surface area contributed by atoms with Crippen molar-refractivity contribution in [3.8, 4) is 0 Å². The minimum Gasteiger partial charge on any atom is -0.378 e. The van der Waals surface area contributed by atoms with E-state index in [-0.39, 0.29) is 6.04 Å². The molecule has 0 spiro atoms. The van der Waals surface area contributed by atoms with Gasteiger partial charge in [-0.1, -0.05) is 6.92 Å². The molecule has 1 unspecified atom stereocenters. The highest BCUT2D eigenvalue weighted by Crippen LogP contribution is 2.12. The normalized spacial score (nSPS) is 22.2. The first kappa shape index (κ1) is 9.55. The van der Waals surface area contributed by atoms with E-state index in [0.717, 1.165) is 31.1 Å². The van der Waals surface area contributed by atoms with Crippen molar-refractivity contribution in [2.45, 2.75) is 19.4 Å². The molecule has 0 aliphatic carbocycles. The average Bonchev–Trinajstić information content (AvgIpc) is 2.30. The number of nitrogens with zero attached hydrogens (tertiary/aromatic N) is 2. The van der Waals surface area contributed by atoms with Gasteiger partial charge in [-0.25, -0.2) is 9.97 Å². The molecule has 0 saturated carbocycles. The SMILES string of the molecule is CCc1nccc(C2COCCN2)n1. The van der Waals surface area contributed by atoms with Crippen LogP contribution in [0.1, 0.15) is 24.5 Å². The van der Waals surface area contributed by atoms with Crippen molar-refractivity contribution in [3.05, 3.63) is 23.8 Å². The van der Waals surface area contributed by atoms with Crippen LogP contribution in [-0.2, 0) is 11.2 Å². The number of rotatable bonds is 2. The smallest absolute Gasteiger partial charge is 0.128 e. The van der Waals surface area contributed by atoms with Crippen molar-refractivity contribution >= 4 is 0 Å². The summed E-state index contributed by atoms with van der Waals surface area (Å²) >= 11 is 0. The van der Waals surface area contributed by atoms with Gasteiger partial charge in [-0.15, -0.1) is 0 Å². The molecule has 1 saturated heterocycles. The average molecular weight is 193 g/mol. The summed E-state index contributed by atoms with van der Waals surface area (Å²) in [5.74, 6) is 0.898. The van der Waals surface area contributed by atoms with E-state index in [0.29, 0.717) is 6.61 Å². The second-order valence-corrected chi connectivity index (χ2v) is 3.33. The van der Waals surface area contributed by atoms with Gasteiger partial charge in [-0.2, -0.15) is 0 Å². The molecule has 0 bridgehead atoms. The van der Waals surface area contributed by atoms with Crippen LogP contribution in [0.4, 0.5) is 0 Å². The van der Waals surface area contributed by atoms with Crippen LogP contribution in [0.25, 0.3) is 0 Å². The van der Waals surface area contributed by atoms with Crippen LogP contribution >= 0.6 is 0 Å². The van der Waals surface area contributed by atoms with Gasteiger partial charge in [0, 0.05) is 19.2 Å². The van der Waals surface area contributed by atoms with E-state index in [1.807, 2.05) is 12.3 Å². The number of morpholine rings is 1. The van der Waals surface area contributed by atoms with Crippen molar-refractivity contribution in [2.75, 3.05) is 19.8 Å². The summed E-state index contributed by atoms with van der Waals surface area (Å²) < 4.78 is 5.39. The van der Waals surface area contributed by atoms with Gasteiger partial charge in [0.15, 0.2) is 0 Å². The monoisotopic (exact) mass is 193 g/mol. The van der Waals surface area contributed by atoms with Gasteiger partial charge in [-0.3, -0.25) is 0 Å². The Balaban J connectivity index is 2.13. The highest BCUT2D eigenvalue weighted by atomic mass is 16.5. The molecule has 0 radical (unpaired) electrons. The van der Waals surface area contributed by atoms with E-state index in [1.165, 1.54) is 0 Å². The standard InChI is InChI=1S/C10H15N3O/c1-2-10-12-4-3-8(13-10)9-7-14-6-5-11-9/h3-4,9,11H,2,5-7H2,1H3. The van der Waals surface area contributed by atoms with E-state index in [2.05, 4.69) is 22.2 Å². The molecule has 4 nitrogen and oxygen atoms in total. The van der Waals surface area contributed by atoms with Crippen LogP contribution in [0, 0.1) is 0 Å². The van der Waals surface area contributed by atoms with Gasteiger partial charge in [-0.05, 0) is 6.07 Å². The highest BCUT2D eigenvalue weighted by molar-refractivity contribution is 5.08. The summed E-state index contributed by atoms with van der Waals surface area (Å²) in [7, 11) is 0. The zero-order valence-electron chi connectivity index (χ0n) is 8.36. The molecule has 4 heteroatoms. The second-order valence-electron chi connectivity index (χ2n) is 3.33. The van der Waals surface area contributed by atoms with Crippen molar-refractivity contribution in [1.82, 2.24) is 15.3 Å². The lowest BCUT2D eigenvalue weighted by Crippen LogP contribution is -2.35. The molecule has 1 N–H and O–H groups in total. The molecule has 76 valence electrons. The minimum atomic E-state index is 0.233. The maximum atomic E-state index is 5.39. The van der Waals surface area contributed by atoms with Crippen molar-refractivity contribution in [1.29, 1.82) is 0 Å². The Morgan fingerprint density at radius 1 is 1.64 bits per heavy atom. The van der Waals surface area contributed by atoms with Gasteiger partial charge in [0.05, 0.1) is 24.9 Å². The van der Waals surface area contributed by atoms with E-state index >= 15 is 0 Å². The van der Waals surface area contributed by atoms with E-state index in [1.54, 1.807) is 0 Å². The zero-order chi connectivity index (χ0) is 9.80. The lowest BCUT2D eigenvalue weighted by Gasteiger charge is -2.23. The number of aryl methyl sites for hydroxylation is 1. The number of ether oxygens (including phenoxy) is 1. The molecule has 1 aliphatic rings. The van der Waals surface area contributed by atoms with Crippen LogP contribution in [0.5, 0.6) is 0 Å².